The molecule has 0 saturated carbocycles. The van der Waals surface area contributed by atoms with E-state index in [0.717, 1.165) is 5.56 Å². The molecule has 5 heteroatoms. The third-order valence-corrected chi connectivity index (χ3v) is 2.99. The summed E-state index contributed by atoms with van der Waals surface area (Å²) in [5.74, 6) is 0.316. The van der Waals surface area contributed by atoms with Crippen molar-refractivity contribution in [2.24, 2.45) is 5.16 Å². The van der Waals surface area contributed by atoms with Gasteiger partial charge in [-0.3, -0.25) is 0 Å². The smallest absolute Gasteiger partial charge is 0.130 e. The third-order valence-electron chi connectivity index (χ3n) is 2.50. The van der Waals surface area contributed by atoms with Gasteiger partial charge in [0.1, 0.15) is 18.2 Å². The van der Waals surface area contributed by atoms with E-state index in [2.05, 4.69) is 21.1 Å². The zero-order chi connectivity index (χ0) is 13.7. The van der Waals surface area contributed by atoms with E-state index in [4.69, 9.17) is 9.94 Å². The molecule has 0 spiro atoms. The molecule has 1 N–H and O–H groups in total. The van der Waals surface area contributed by atoms with Crippen LogP contribution in [-0.2, 0) is 6.61 Å². The molecule has 0 unspecified atom stereocenters. The largest absolute Gasteiger partial charge is 0.489 e. The van der Waals surface area contributed by atoms with Gasteiger partial charge in [-0.05, 0) is 42.0 Å². The van der Waals surface area contributed by atoms with Crippen molar-refractivity contribution >= 4 is 22.1 Å². The fourth-order valence-corrected chi connectivity index (χ4v) is 1.85. The molecule has 0 aliphatic rings. The van der Waals surface area contributed by atoms with Gasteiger partial charge in [0, 0.05) is 10.0 Å². The molecule has 0 fully saturated rings. The van der Waals surface area contributed by atoms with Crippen LogP contribution in [-0.4, -0.2) is 11.4 Å². The zero-order valence-electron chi connectivity index (χ0n) is 9.88. The molecule has 2 rings (SSSR count). The number of nitrogens with zero attached hydrogens (tertiary/aromatic N) is 1. The summed E-state index contributed by atoms with van der Waals surface area (Å²) >= 11 is 3.20. The van der Waals surface area contributed by atoms with Gasteiger partial charge in [-0.15, -0.1) is 0 Å². The summed E-state index contributed by atoms with van der Waals surface area (Å²) in [5, 5.41) is 11.3. The van der Waals surface area contributed by atoms with Crippen molar-refractivity contribution < 1.29 is 14.3 Å². The molecule has 2 aromatic rings. The average molecular weight is 324 g/mol. The first-order chi connectivity index (χ1) is 9.19. The summed E-state index contributed by atoms with van der Waals surface area (Å²) in [4.78, 5) is 0. The highest BCUT2D eigenvalue weighted by molar-refractivity contribution is 9.10. The van der Waals surface area contributed by atoms with Crippen LogP contribution in [0.1, 0.15) is 11.1 Å². The van der Waals surface area contributed by atoms with Crippen molar-refractivity contribution in [3.8, 4) is 5.75 Å². The van der Waals surface area contributed by atoms with Crippen molar-refractivity contribution in [2.75, 3.05) is 0 Å². The number of hydrogen-bond donors (Lipinski definition) is 1. The summed E-state index contributed by atoms with van der Waals surface area (Å²) in [5.41, 5.74) is 1.24. The van der Waals surface area contributed by atoms with E-state index < -0.39 is 0 Å². The Hall–Kier alpha value is -1.88. The number of ether oxygens (including phenoxy) is 1. The van der Waals surface area contributed by atoms with Gasteiger partial charge >= 0.3 is 0 Å². The maximum atomic E-state index is 13.6. The van der Waals surface area contributed by atoms with E-state index in [9.17, 15) is 4.39 Å². The fraction of sp³-hybridized carbons (Fsp3) is 0.0714. The van der Waals surface area contributed by atoms with E-state index >= 15 is 0 Å². The third kappa shape index (κ3) is 3.79. The predicted molar refractivity (Wildman–Crippen MR) is 74.3 cm³/mol. The lowest BCUT2D eigenvalue weighted by molar-refractivity contribution is 0.300. The maximum Gasteiger partial charge on any atom is 0.130 e. The van der Waals surface area contributed by atoms with Gasteiger partial charge in [-0.2, -0.15) is 0 Å². The highest BCUT2D eigenvalue weighted by Crippen LogP contribution is 2.18. The SMILES string of the molecule is O/N=C/c1ccc(OCc2ccc(Br)cc2F)cc1. The van der Waals surface area contributed by atoms with Crippen LogP contribution in [0.3, 0.4) is 0 Å². The van der Waals surface area contributed by atoms with Crippen molar-refractivity contribution in [3.63, 3.8) is 0 Å². The molecular weight excluding hydrogens is 313 g/mol. The molecule has 0 atom stereocenters. The number of hydrogen-bond acceptors (Lipinski definition) is 3. The summed E-state index contributed by atoms with van der Waals surface area (Å²) in [7, 11) is 0. The van der Waals surface area contributed by atoms with E-state index in [0.29, 0.717) is 15.8 Å². The Morgan fingerprint density at radius 3 is 2.58 bits per heavy atom. The number of oxime groups is 1. The lowest BCUT2D eigenvalue weighted by atomic mass is 10.2. The van der Waals surface area contributed by atoms with Crippen molar-refractivity contribution in [1.29, 1.82) is 0 Å². The van der Waals surface area contributed by atoms with Crippen LogP contribution < -0.4 is 4.74 Å². The second-order valence-electron chi connectivity index (χ2n) is 3.84. The predicted octanol–water partition coefficient (Wildman–Crippen LogP) is 3.98. The molecule has 2 aromatic carbocycles. The van der Waals surface area contributed by atoms with Crippen LogP contribution in [0.2, 0.25) is 0 Å². The molecule has 3 nitrogen and oxygen atoms in total. The van der Waals surface area contributed by atoms with Crippen LogP contribution in [0.15, 0.2) is 52.1 Å². The lowest BCUT2D eigenvalue weighted by Crippen LogP contribution is -1.98. The Balaban J connectivity index is 2.02. The Labute approximate surface area is 118 Å². The normalized spacial score (nSPS) is 10.8. The minimum atomic E-state index is -0.307. The molecule has 0 heterocycles. The van der Waals surface area contributed by atoms with Crippen LogP contribution >= 0.6 is 15.9 Å². The van der Waals surface area contributed by atoms with Gasteiger partial charge in [0.2, 0.25) is 0 Å². The summed E-state index contributed by atoms with van der Waals surface area (Å²) in [6, 6.07) is 11.8. The first-order valence-corrected chi connectivity index (χ1v) is 6.32. The van der Waals surface area contributed by atoms with Crippen LogP contribution in [0, 0.1) is 5.82 Å². The molecular formula is C14H11BrFNO2. The van der Waals surface area contributed by atoms with Gasteiger partial charge in [-0.1, -0.05) is 27.2 Å². The summed E-state index contributed by atoms with van der Waals surface area (Å²) in [6.45, 7) is 0.159. The molecule has 98 valence electrons. The van der Waals surface area contributed by atoms with Gasteiger partial charge in [0.15, 0.2) is 0 Å². The molecule has 0 amide bonds. The van der Waals surface area contributed by atoms with Crippen LogP contribution in [0.4, 0.5) is 4.39 Å². The number of halogens is 2. The quantitative estimate of drug-likeness (QED) is 0.525. The first-order valence-electron chi connectivity index (χ1n) is 5.53. The fourth-order valence-electron chi connectivity index (χ4n) is 1.52. The molecule has 19 heavy (non-hydrogen) atoms. The second-order valence-corrected chi connectivity index (χ2v) is 4.75. The highest BCUT2D eigenvalue weighted by atomic mass is 79.9. The monoisotopic (exact) mass is 323 g/mol. The van der Waals surface area contributed by atoms with Gasteiger partial charge < -0.3 is 9.94 Å². The van der Waals surface area contributed by atoms with Crippen LogP contribution in [0.25, 0.3) is 0 Å². The summed E-state index contributed by atoms with van der Waals surface area (Å²) in [6.07, 6.45) is 1.32. The second kappa shape index (κ2) is 6.33. The number of rotatable bonds is 4. The Bertz CT molecular complexity index is 584. The molecule has 0 aliphatic heterocycles. The van der Waals surface area contributed by atoms with E-state index in [1.54, 1.807) is 36.4 Å². The first kappa shape index (κ1) is 13.5. The Morgan fingerprint density at radius 1 is 1.21 bits per heavy atom. The molecule has 0 bridgehead atoms. The number of benzene rings is 2. The topological polar surface area (TPSA) is 41.8 Å². The van der Waals surface area contributed by atoms with Crippen molar-refractivity contribution in [1.82, 2.24) is 0 Å². The maximum absolute atomic E-state index is 13.6. The minimum absolute atomic E-state index is 0.159. The zero-order valence-corrected chi connectivity index (χ0v) is 11.5. The Kier molecular flexibility index (Phi) is 4.52. The van der Waals surface area contributed by atoms with Gasteiger partial charge in [0.25, 0.3) is 0 Å². The van der Waals surface area contributed by atoms with Crippen molar-refractivity contribution in [3.05, 3.63) is 63.9 Å². The highest BCUT2D eigenvalue weighted by Gasteiger charge is 2.03. The van der Waals surface area contributed by atoms with E-state index in [1.807, 2.05) is 0 Å². The lowest BCUT2D eigenvalue weighted by Gasteiger charge is -2.07. The Morgan fingerprint density at radius 2 is 1.95 bits per heavy atom. The molecule has 0 aromatic heterocycles. The van der Waals surface area contributed by atoms with Crippen LogP contribution in [0.5, 0.6) is 5.75 Å². The average Bonchev–Trinajstić information content (AvgIpc) is 2.40. The minimum Gasteiger partial charge on any atom is -0.489 e. The molecule has 0 saturated heterocycles. The van der Waals surface area contributed by atoms with E-state index in [-0.39, 0.29) is 12.4 Å². The molecule has 0 radical (unpaired) electrons. The van der Waals surface area contributed by atoms with Crippen molar-refractivity contribution in [2.45, 2.75) is 6.61 Å². The van der Waals surface area contributed by atoms with Gasteiger partial charge in [-0.25, -0.2) is 4.39 Å². The standard InChI is InChI=1S/C14H11BrFNO2/c15-12-4-3-11(14(16)7-12)9-19-13-5-1-10(2-6-13)8-17-18/h1-8,18H,9H2/b17-8+. The van der Waals surface area contributed by atoms with Gasteiger partial charge in [0.05, 0.1) is 6.21 Å². The summed E-state index contributed by atoms with van der Waals surface area (Å²) < 4.78 is 19.7. The van der Waals surface area contributed by atoms with E-state index in [1.165, 1.54) is 12.3 Å². The molecule has 0 aliphatic carbocycles.